The molecule has 0 unspecified atom stereocenters. The van der Waals surface area contributed by atoms with Crippen LogP contribution >= 0.6 is 11.6 Å². The molecule has 0 fully saturated rings. The summed E-state index contributed by atoms with van der Waals surface area (Å²) in [6.07, 6.45) is 0.359. The SMILES string of the molecule is CCOCCC(=O)Nc1ccc(OCCCl)cc1. The molecule has 0 spiro atoms. The molecule has 0 atom stereocenters. The van der Waals surface area contributed by atoms with Gasteiger partial charge in [0.2, 0.25) is 5.91 Å². The topological polar surface area (TPSA) is 47.6 Å². The fourth-order valence-electron chi connectivity index (χ4n) is 1.32. The smallest absolute Gasteiger partial charge is 0.226 e. The Balaban J connectivity index is 2.35. The summed E-state index contributed by atoms with van der Waals surface area (Å²) in [7, 11) is 0. The van der Waals surface area contributed by atoms with Crippen LogP contribution in [0.5, 0.6) is 5.75 Å². The second kappa shape index (κ2) is 8.78. The van der Waals surface area contributed by atoms with E-state index in [-0.39, 0.29) is 5.91 Å². The lowest BCUT2D eigenvalue weighted by molar-refractivity contribution is -0.117. The number of rotatable bonds is 8. The molecule has 0 heterocycles. The molecule has 0 aromatic heterocycles. The van der Waals surface area contributed by atoms with E-state index in [1.54, 1.807) is 24.3 Å². The monoisotopic (exact) mass is 271 g/mol. The molecule has 1 amide bonds. The number of hydrogen-bond acceptors (Lipinski definition) is 3. The zero-order valence-corrected chi connectivity index (χ0v) is 11.2. The minimum absolute atomic E-state index is 0.0575. The van der Waals surface area contributed by atoms with E-state index in [2.05, 4.69) is 5.32 Å². The first-order valence-electron chi connectivity index (χ1n) is 5.92. The summed E-state index contributed by atoms with van der Waals surface area (Å²) in [5.74, 6) is 1.14. The van der Waals surface area contributed by atoms with E-state index >= 15 is 0 Å². The number of alkyl halides is 1. The first kappa shape index (κ1) is 14.8. The van der Waals surface area contributed by atoms with E-state index in [1.165, 1.54) is 0 Å². The highest BCUT2D eigenvalue weighted by atomic mass is 35.5. The zero-order valence-electron chi connectivity index (χ0n) is 10.4. The maximum absolute atomic E-state index is 11.5. The van der Waals surface area contributed by atoms with Crippen LogP contribution in [0.15, 0.2) is 24.3 Å². The second-order valence-corrected chi connectivity index (χ2v) is 3.93. The number of anilines is 1. The lowest BCUT2D eigenvalue weighted by atomic mass is 10.3. The van der Waals surface area contributed by atoms with Crippen LogP contribution in [0.2, 0.25) is 0 Å². The van der Waals surface area contributed by atoms with Gasteiger partial charge >= 0.3 is 0 Å². The molecule has 0 aliphatic rings. The van der Waals surface area contributed by atoms with Crippen LogP contribution in [0.4, 0.5) is 5.69 Å². The van der Waals surface area contributed by atoms with E-state index in [9.17, 15) is 4.79 Å². The predicted octanol–water partition coefficient (Wildman–Crippen LogP) is 2.67. The normalized spacial score (nSPS) is 10.1. The molecular formula is C13H18ClNO3. The standard InChI is InChI=1S/C13H18ClNO3/c1-2-17-9-7-13(16)15-11-3-5-12(6-4-11)18-10-8-14/h3-6H,2,7-10H2,1H3,(H,15,16). The predicted molar refractivity (Wildman–Crippen MR) is 72.4 cm³/mol. The van der Waals surface area contributed by atoms with Crippen LogP contribution in [0.25, 0.3) is 0 Å². The number of carbonyl (C=O) groups is 1. The van der Waals surface area contributed by atoms with Crippen molar-refractivity contribution in [3.05, 3.63) is 24.3 Å². The van der Waals surface area contributed by atoms with Crippen molar-refractivity contribution in [1.82, 2.24) is 0 Å². The van der Waals surface area contributed by atoms with Gasteiger partial charge in [-0.3, -0.25) is 4.79 Å². The van der Waals surface area contributed by atoms with Crippen molar-refractivity contribution in [3.63, 3.8) is 0 Å². The average Bonchev–Trinajstić information content (AvgIpc) is 2.38. The third-order valence-corrected chi connectivity index (χ3v) is 2.32. The van der Waals surface area contributed by atoms with Gasteiger partial charge in [0, 0.05) is 12.3 Å². The lowest BCUT2D eigenvalue weighted by Crippen LogP contribution is -2.14. The maximum atomic E-state index is 11.5. The van der Waals surface area contributed by atoms with Crippen molar-refractivity contribution in [2.45, 2.75) is 13.3 Å². The van der Waals surface area contributed by atoms with Gasteiger partial charge in [0.1, 0.15) is 12.4 Å². The summed E-state index contributed by atoms with van der Waals surface area (Å²) >= 11 is 5.52. The van der Waals surface area contributed by atoms with Crippen LogP contribution < -0.4 is 10.1 Å². The molecule has 0 aliphatic carbocycles. The largest absolute Gasteiger partial charge is 0.492 e. The van der Waals surface area contributed by atoms with E-state index in [1.807, 2.05) is 6.92 Å². The van der Waals surface area contributed by atoms with Gasteiger partial charge in [-0.25, -0.2) is 0 Å². The molecule has 1 rings (SSSR count). The Labute approximate surface area is 112 Å². The Bertz CT molecular complexity index is 354. The van der Waals surface area contributed by atoms with Crippen LogP contribution in [-0.4, -0.2) is 31.6 Å². The highest BCUT2D eigenvalue weighted by Gasteiger charge is 2.02. The Kier molecular flexibility index (Phi) is 7.22. The van der Waals surface area contributed by atoms with Crippen LogP contribution in [-0.2, 0) is 9.53 Å². The number of carbonyl (C=O) groups excluding carboxylic acids is 1. The summed E-state index contributed by atoms with van der Waals surface area (Å²) in [5.41, 5.74) is 0.745. The quantitative estimate of drug-likeness (QED) is 0.584. The summed E-state index contributed by atoms with van der Waals surface area (Å²) in [6, 6.07) is 7.18. The number of halogens is 1. The molecule has 0 radical (unpaired) electrons. The minimum Gasteiger partial charge on any atom is -0.492 e. The van der Waals surface area contributed by atoms with E-state index < -0.39 is 0 Å². The molecule has 0 saturated heterocycles. The first-order chi connectivity index (χ1) is 8.76. The van der Waals surface area contributed by atoms with E-state index in [4.69, 9.17) is 21.1 Å². The van der Waals surface area contributed by atoms with Gasteiger partial charge in [-0.1, -0.05) is 0 Å². The summed E-state index contributed by atoms with van der Waals surface area (Å²) < 4.78 is 10.4. The Hall–Kier alpha value is -1.26. The van der Waals surface area contributed by atoms with Crippen molar-refractivity contribution in [2.75, 3.05) is 31.0 Å². The molecule has 1 N–H and O–H groups in total. The molecular weight excluding hydrogens is 254 g/mol. The van der Waals surface area contributed by atoms with Crippen molar-refractivity contribution in [1.29, 1.82) is 0 Å². The van der Waals surface area contributed by atoms with Gasteiger partial charge in [0.05, 0.1) is 18.9 Å². The summed E-state index contributed by atoms with van der Waals surface area (Å²) in [4.78, 5) is 11.5. The number of hydrogen-bond donors (Lipinski definition) is 1. The number of ether oxygens (including phenoxy) is 2. The lowest BCUT2D eigenvalue weighted by Gasteiger charge is -2.07. The van der Waals surface area contributed by atoms with E-state index in [0.717, 1.165) is 11.4 Å². The third kappa shape index (κ3) is 5.89. The Morgan fingerprint density at radius 3 is 2.61 bits per heavy atom. The van der Waals surface area contributed by atoms with Gasteiger partial charge in [-0.05, 0) is 31.2 Å². The number of benzene rings is 1. The van der Waals surface area contributed by atoms with Crippen molar-refractivity contribution >= 4 is 23.2 Å². The molecule has 0 aliphatic heterocycles. The highest BCUT2D eigenvalue weighted by Crippen LogP contribution is 2.15. The molecule has 1 aromatic rings. The van der Waals surface area contributed by atoms with Crippen molar-refractivity contribution < 1.29 is 14.3 Å². The zero-order chi connectivity index (χ0) is 13.2. The third-order valence-electron chi connectivity index (χ3n) is 2.16. The van der Waals surface area contributed by atoms with Gasteiger partial charge in [-0.2, -0.15) is 0 Å². The summed E-state index contributed by atoms with van der Waals surface area (Å²) in [6.45, 7) is 3.44. The van der Waals surface area contributed by atoms with Gasteiger partial charge in [0.25, 0.3) is 0 Å². The Morgan fingerprint density at radius 2 is 2.00 bits per heavy atom. The summed E-state index contributed by atoms with van der Waals surface area (Å²) in [5, 5.41) is 2.78. The Morgan fingerprint density at radius 1 is 1.28 bits per heavy atom. The van der Waals surface area contributed by atoms with Gasteiger partial charge < -0.3 is 14.8 Å². The number of nitrogens with one attached hydrogen (secondary N) is 1. The fraction of sp³-hybridized carbons (Fsp3) is 0.462. The molecule has 1 aromatic carbocycles. The molecule has 100 valence electrons. The highest BCUT2D eigenvalue weighted by molar-refractivity contribution is 6.18. The van der Waals surface area contributed by atoms with E-state index in [0.29, 0.717) is 32.1 Å². The van der Waals surface area contributed by atoms with Crippen molar-refractivity contribution in [2.24, 2.45) is 0 Å². The second-order valence-electron chi connectivity index (χ2n) is 3.56. The first-order valence-corrected chi connectivity index (χ1v) is 6.46. The molecule has 4 nitrogen and oxygen atoms in total. The van der Waals surface area contributed by atoms with Gasteiger partial charge in [0.15, 0.2) is 0 Å². The minimum atomic E-state index is -0.0575. The molecule has 18 heavy (non-hydrogen) atoms. The average molecular weight is 272 g/mol. The van der Waals surface area contributed by atoms with Crippen LogP contribution in [0.3, 0.4) is 0 Å². The van der Waals surface area contributed by atoms with Gasteiger partial charge in [-0.15, -0.1) is 11.6 Å². The van der Waals surface area contributed by atoms with Crippen LogP contribution in [0.1, 0.15) is 13.3 Å². The van der Waals surface area contributed by atoms with Crippen molar-refractivity contribution in [3.8, 4) is 5.75 Å². The fourth-order valence-corrected chi connectivity index (χ4v) is 1.40. The molecule has 5 heteroatoms. The number of amides is 1. The van der Waals surface area contributed by atoms with Crippen LogP contribution in [0, 0.1) is 0 Å². The molecule has 0 bridgehead atoms. The maximum Gasteiger partial charge on any atom is 0.226 e. The molecule has 0 saturated carbocycles.